The van der Waals surface area contributed by atoms with Crippen molar-refractivity contribution < 1.29 is 0 Å². The predicted molar refractivity (Wildman–Crippen MR) is 68.9 cm³/mol. The first-order valence-corrected chi connectivity index (χ1v) is 6.05. The minimum absolute atomic E-state index is 1.24. The Morgan fingerprint density at radius 2 is 1.80 bits per heavy atom. The lowest BCUT2D eigenvalue weighted by Crippen LogP contribution is -1.80. The monoisotopic (exact) mass is 202 g/mol. The number of unbranched alkanes of at least 4 members (excludes halogenated alkanes) is 3. The van der Waals surface area contributed by atoms with Gasteiger partial charge >= 0.3 is 0 Å². The van der Waals surface area contributed by atoms with E-state index in [0.717, 1.165) is 0 Å². The van der Waals surface area contributed by atoms with Crippen LogP contribution in [0.1, 0.15) is 51.5 Å². The van der Waals surface area contributed by atoms with Crippen molar-refractivity contribution in [2.24, 2.45) is 0 Å². The van der Waals surface area contributed by atoms with E-state index < -0.39 is 0 Å². The minimum Gasteiger partial charge on any atom is -0.0727 e. The molecule has 0 aromatic heterocycles. The first-order chi connectivity index (χ1) is 7.33. The van der Waals surface area contributed by atoms with Crippen LogP contribution in [0.3, 0.4) is 0 Å². The van der Waals surface area contributed by atoms with Crippen LogP contribution in [0.15, 0.2) is 35.9 Å². The zero-order valence-corrected chi connectivity index (χ0v) is 10.00. The fourth-order valence-electron chi connectivity index (χ4n) is 1.74. The molecule has 82 valence electrons. The van der Waals surface area contributed by atoms with Crippen molar-refractivity contribution in [3.8, 4) is 0 Å². The van der Waals surface area contributed by atoms with Crippen LogP contribution in [0.25, 0.3) is 6.08 Å². The Morgan fingerprint density at radius 3 is 2.47 bits per heavy atom. The van der Waals surface area contributed by atoms with Gasteiger partial charge < -0.3 is 0 Å². The molecule has 0 heterocycles. The molecule has 0 spiro atoms. The van der Waals surface area contributed by atoms with E-state index in [1.54, 1.807) is 0 Å². The van der Waals surface area contributed by atoms with E-state index in [9.17, 15) is 0 Å². The fraction of sp³-hybridized carbons (Fsp3) is 0.467. The first kappa shape index (κ1) is 12.0. The Labute approximate surface area is 94.0 Å². The highest BCUT2D eigenvalue weighted by atomic mass is 14.0. The van der Waals surface area contributed by atoms with Crippen LogP contribution in [0.2, 0.25) is 0 Å². The Morgan fingerprint density at radius 1 is 1.07 bits per heavy atom. The molecule has 0 N–H and O–H groups in total. The van der Waals surface area contributed by atoms with E-state index in [-0.39, 0.29) is 0 Å². The summed E-state index contributed by atoms with van der Waals surface area (Å²) in [4.78, 5) is 0. The summed E-state index contributed by atoms with van der Waals surface area (Å²) in [6.07, 6.45) is 8.94. The highest BCUT2D eigenvalue weighted by molar-refractivity contribution is 5.51. The molecule has 0 amide bonds. The van der Waals surface area contributed by atoms with Crippen molar-refractivity contribution in [3.63, 3.8) is 0 Å². The Kier molecular flexibility index (Phi) is 5.84. The lowest BCUT2D eigenvalue weighted by atomic mass is 10.1. The molecule has 1 aromatic rings. The fourth-order valence-corrected chi connectivity index (χ4v) is 1.74. The molecule has 15 heavy (non-hydrogen) atoms. The topological polar surface area (TPSA) is 0 Å². The summed E-state index contributed by atoms with van der Waals surface area (Å²) in [6.45, 7) is 4.49. The lowest BCUT2D eigenvalue weighted by molar-refractivity contribution is 0.665. The van der Waals surface area contributed by atoms with Gasteiger partial charge in [0.15, 0.2) is 0 Å². The quantitative estimate of drug-likeness (QED) is 0.565. The summed E-state index contributed by atoms with van der Waals surface area (Å²) in [5.74, 6) is 0. The third kappa shape index (κ3) is 5.41. The van der Waals surface area contributed by atoms with E-state index in [4.69, 9.17) is 0 Å². The second kappa shape index (κ2) is 7.28. The molecule has 0 fully saturated rings. The Balaban J connectivity index is 2.33. The average molecular weight is 202 g/mol. The third-order valence-electron chi connectivity index (χ3n) is 2.64. The van der Waals surface area contributed by atoms with Crippen molar-refractivity contribution in [2.45, 2.75) is 46.0 Å². The Bertz CT molecular complexity index is 282. The molecule has 0 aliphatic heterocycles. The molecule has 0 bridgehead atoms. The zero-order valence-electron chi connectivity index (χ0n) is 10.00. The number of hydrogen-bond donors (Lipinski definition) is 0. The summed E-state index contributed by atoms with van der Waals surface area (Å²) in [5.41, 5.74) is 2.82. The lowest BCUT2D eigenvalue weighted by Gasteiger charge is -2.01. The molecule has 0 heteroatoms. The summed E-state index contributed by atoms with van der Waals surface area (Å²) >= 11 is 0. The van der Waals surface area contributed by atoms with E-state index in [1.165, 1.54) is 43.2 Å². The molecular weight excluding hydrogens is 180 g/mol. The molecule has 0 saturated heterocycles. The van der Waals surface area contributed by atoms with Crippen molar-refractivity contribution in [2.75, 3.05) is 0 Å². The van der Waals surface area contributed by atoms with Gasteiger partial charge in [0, 0.05) is 0 Å². The van der Waals surface area contributed by atoms with Gasteiger partial charge in [0.2, 0.25) is 0 Å². The van der Waals surface area contributed by atoms with Crippen LogP contribution in [-0.4, -0.2) is 0 Å². The van der Waals surface area contributed by atoms with Gasteiger partial charge in [0.1, 0.15) is 0 Å². The maximum absolute atomic E-state index is 2.30. The number of rotatable bonds is 6. The molecule has 0 unspecified atom stereocenters. The van der Waals surface area contributed by atoms with E-state index in [2.05, 4.69) is 50.3 Å². The molecule has 0 atom stereocenters. The largest absolute Gasteiger partial charge is 0.0727 e. The third-order valence-corrected chi connectivity index (χ3v) is 2.64. The van der Waals surface area contributed by atoms with E-state index in [1.807, 2.05) is 0 Å². The van der Waals surface area contributed by atoms with Crippen LogP contribution in [-0.2, 0) is 0 Å². The maximum Gasteiger partial charge on any atom is -0.0257 e. The highest BCUT2D eigenvalue weighted by Gasteiger charge is 1.92. The zero-order chi connectivity index (χ0) is 10.9. The molecule has 0 radical (unpaired) electrons. The Hall–Kier alpha value is -1.04. The highest BCUT2D eigenvalue weighted by Crippen LogP contribution is 2.13. The van der Waals surface area contributed by atoms with Gasteiger partial charge in [-0.25, -0.2) is 0 Å². The number of hydrogen-bond acceptors (Lipinski definition) is 0. The molecule has 0 aliphatic carbocycles. The molecule has 1 aromatic carbocycles. The molecule has 0 saturated carbocycles. The average Bonchev–Trinajstić information content (AvgIpc) is 2.26. The summed E-state index contributed by atoms with van der Waals surface area (Å²) in [5, 5.41) is 0. The van der Waals surface area contributed by atoms with Gasteiger partial charge in [-0.3, -0.25) is 0 Å². The van der Waals surface area contributed by atoms with Crippen molar-refractivity contribution in [1.29, 1.82) is 0 Å². The van der Waals surface area contributed by atoms with Crippen molar-refractivity contribution in [1.82, 2.24) is 0 Å². The van der Waals surface area contributed by atoms with Crippen molar-refractivity contribution in [3.05, 3.63) is 41.5 Å². The van der Waals surface area contributed by atoms with Crippen LogP contribution in [0.4, 0.5) is 0 Å². The van der Waals surface area contributed by atoms with Crippen LogP contribution >= 0.6 is 0 Å². The second-order valence-electron chi connectivity index (χ2n) is 4.21. The van der Waals surface area contributed by atoms with Crippen LogP contribution in [0.5, 0.6) is 0 Å². The smallest absolute Gasteiger partial charge is 0.0257 e. The van der Waals surface area contributed by atoms with E-state index in [0.29, 0.717) is 0 Å². The van der Waals surface area contributed by atoms with Crippen LogP contribution < -0.4 is 0 Å². The summed E-state index contributed by atoms with van der Waals surface area (Å²) in [7, 11) is 0. The van der Waals surface area contributed by atoms with Crippen molar-refractivity contribution >= 4 is 6.08 Å². The van der Waals surface area contributed by atoms with Gasteiger partial charge in [0.05, 0.1) is 0 Å². The maximum atomic E-state index is 2.30. The second-order valence-corrected chi connectivity index (χ2v) is 4.21. The number of allylic oxidation sites excluding steroid dienone is 1. The van der Waals surface area contributed by atoms with Gasteiger partial charge in [-0.1, -0.05) is 68.2 Å². The standard InChI is InChI=1S/C15H22/c1-3-4-5-7-10-14(2)13-15-11-8-6-9-12-15/h6,8-9,11-13H,3-5,7,10H2,1-2H3/b14-13-. The predicted octanol–water partition coefficient (Wildman–Crippen LogP) is 5.06. The minimum atomic E-state index is 1.24. The summed E-state index contributed by atoms with van der Waals surface area (Å²) in [6, 6.07) is 10.6. The van der Waals surface area contributed by atoms with E-state index >= 15 is 0 Å². The number of benzene rings is 1. The summed E-state index contributed by atoms with van der Waals surface area (Å²) < 4.78 is 0. The molecule has 0 nitrogen and oxygen atoms in total. The van der Waals surface area contributed by atoms with Crippen LogP contribution in [0, 0.1) is 0 Å². The normalized spacial score (nSPS) is 11.7. The first-order valence-electron chi connectivity index (χ1n) is 6.05. The SMILES string of the molecule is CCCCCC/C(C)=C\c1ccccc1. The molecule has 1 rings (SSSR count). The van der Waals surface area contributed by atoms with Gasteiger partial charge in [0.25, 0.3) is 0 Å². The molecular formula is C15H22. The molecule has 0 aliphatic rings. The van der Waals surface area contributed by atoms with Gasteiger partial charge in [-0.15, -0.1) is 0 Å². The van der Waals surface area contributed by atoms with Gasteiger partial charge in [-0.2, -0.15) is 0 Å². The van der Waals surface area contributed by atoms with Gasteiger partial charge in [-0.05, 0) is 25.3 Å².